The summed E-state index contributed by atoms with van der Waals surface area (Å²) in [6.07, 6.45) is 0.462. The van der Waals surface area contributed by atoms with Gasteiger partial charge >= 0.3 is 5.97 Å². The van der Waals surface area contributed by atoms with Gasteiger partial charge in [0.1, 0.15) is 5.82 Å². The SMILES string of the molecule is O=C(ON1C(=O)CCC1=O)c1ncc(F)cc1F. The first-order chi connectivity index (χ1) is 8.49. The summed E-state index contributed by atoms with van der Waals surface area (Å²) in [5, 5.41) is 0.257. The lowest BCUT2D eigenvalue weighted by molar-refractivity contribution is -0.172. The van der Waals surface area contributed by atoms with Gasteiger partial charge in [-0.3, -0.25) is 9.59 Å². The molecule has 0 aromatic carbocycles. The Bertz CT molecular complexity index is 531. The van der Waals surface area contributed by atoms with Gasteiger partial charge in [-0.15, -0.1) is 5.06 Å². The molecule has 0 N–H and O–H groups in total. The van der Waals surface area contributed by atoms with Crippen LogP contribution in [0.4, 0.5) is 8.78 Å². The lowest BCUT2D eigenvalue weighted by Gasteiger charge is -2.12. The quantitative estimate of drug-likeness (QED) is 0.723. The Kier molecular flexibility index (Phi) is 3.00. The van der Waals surface area contributed by atoms with Gasteiger partial charge < -0.3 is 4.84 Å². The second-order valence-corrected chi connectivity index (χ2v) is 3.44. The highest BCUT2D eigenvalue weighted by Gasteiger charge is 2.34. The normalized spacial score (nSPS) is 15.1. The molecule has 18 heavy (non-hydrogen) atoms. The van der Waals surface area contributed by atoms with Crippen molar-refractivity contribution < 1.29 is 28.0 Å². The minimum absolute atomic E-state index is 0.0779. The van der Waals surface area contributed by atoms with Crippen LogP contribution in [0.25, 0.3) is 0 Å². The first kappa shape index (κ1) is 12.1. The van der Waals surface area contributed by atoms with Crippen molar-refractivity contribution in [2.24, 2.45) is 0 Å². The molecule has 2 amide bonds. The van der Waals surface area contributed by atoms with Gasteiger partial charge in [-0.05, 0) is 0 Å². The van der Waals surface area contributed by atoms with Gasteiger partial charge in [-0.25, -0.2) is 18.6 Å². The average molecular weight is 256 g/mol. The van der Waals surface area contributed by atoms with E-state index in [0.29, 0.717) is 12.3 Å². The molecule has 2 heterocycles. The summed E-state index contributed by atoms with van der Waals surface area (Å²) in [6.45, 7) is 0. The molecule has 0 saturated carbocycles. The van der Waals surface area contributed by atoms with Crippen LogP contribution in [-0.2, 0) is 14.4 Å². The summed E-state index contributed by atoms with van der Waals surface area (Å²) in [4.78, 5) is 41.3. The van der Waals surface area contributed by atoms with Crippen molar-refractivity contribution >= 4 is 17.8 Å². The Hall–Kier alpha value is -2.38. The largest absolute Gasteiger partial charge is 0.385 e. The van der Waals surface area contributed by atoms with Crippen LogP contribution in [0.5, 0.6) is 0 Å². The lowest BCUT2D eigenvalue weighted by atomic mass is 10.3. The van der Waals surface area contributed by atoms with Crippen LogP contribution in [0, 0.1) is 11.6 Å². The number of carbonyl (C=O) groups excluding carboxylic acids is 3. The first-order valence-electron chi connectivity index (χ1n) is 4.88. The van der Waals surface area contributed by atoms with E-state index < -0.39 is 35.1 Å². The Labute approximate surface area is 99.1 Å². The predicted molar refractivity (Wildman–Crippen MR) is 50.7 cm³/mol. The molecule has 0 unspecified atom stereocenters. The number of aromatic nitrogens is 1. The Morgan fingerprint density at radius 3 is 2.44 bits per heavy atom. The van der Waals surface area contributed by atoms with Gasteiger partial charge in [-0.2, -0.15) is 0 Å². The van der Waals surface area contributed by atoms with Crippen molar-refractivity contribution in [2.75, 3.05) is 0 Å². The molecule has 8 heteroatoms. The summed E-state index contributed by atoms with van der Waals surface area (Å²) in [5.74, 6) is -4.93. The van der Waals surface area contributed by atoms with Crippen molar-refractivity contribution in [1.29, 1.82) is 0 Å². The summed E-state index contributed by atoms with van der Waals surface area (Å²) in [7, 11) is 0. The van der Waals surface area contributed by atoms with E-state index >= 15 is 0 Å². The van der Waals surface area contributed by atoms with Crippen LogP contribution >= 0.6 is 0 Å². The summed E-state index contributed by atoms with van der Waals surface area (Å²) < 4.78 is 25.7. The van der Waals surface area contributed by atoms with Crippen LogP contribution in [-0.4, -0.2) is 27.8 Å². The zero-order valence-corrected chi connectivity index (χ0v) is 8.85. The standard InChI is InChI=1S/C10H6F2N2O4/c11-5-3-6(12)9(13-4-5)10(17)18-14-7(15)1-2-8(14)16/h3-4H,1-2H2. The van der Waals surface area contributed by atoms with Crippen LogP contribution in [0.2, 0.25) is 0 Å². The van der Waals surface area contributed by atoms with E-state index in [4.69, 9.17) is 0 Å². The number of hydrogen-bond acceptors (Lipinski definition) is 5. The molecule has 0 spiro atoms. The number of pyridine rings is 1. The van der Waals surface area contributed by atoms with Crippen LogP contribution in [0.15, 0.2) is 12.3 Å². The number of nitrogens with zero attached hydrogens (tertiary/aromatic N) is 2. The van der Waals surface area contributed by atoms with Crippen molar-refractivity contribution in [3.63, 3.8) is 0 Å². The van der Waals surface area contributed by atoms with E-state index in [0.717, 1.165) is 0 Å². The number of carbonyl (C=O) groups is 3. The molecule has 94 valence electrons. The minimum Gasteiger partial charge on any atom is -0.323 e. The number of imide groups is 1. The molecule has 1 aromatic heterocycles. The number of hydroxylamine groups is 2. The van der Waals surface area contributed by atoms with Gasteiger partial charge in [0.15, 0.2) is 11.5 Å². The highest BCUT2D eigenvalue weighted by atomic mass is 19.1. The highest BCUT2D eigenvalue weighted by Crippen LogP contribution is 2.15. The molecule has 2 rings (SSSR count). The molecule has 6 nitrogen and oxygen atoms in total. The lowest BCUT2D eigenvalue weighted by Crippen LogP contribution is -2.32. The number of amides is 2. The first-order valence-corrected chi connectivity index (χ1v) is 4.88. The fourth-order valence-corrected chi connectivity index (χ4v) is 1.35. The number of rotatable bonds is 2. The monoisotopic (exact) mass is 256 g/mol. The Morgan fingerprint density at radius 2 is 1.89 bits per heavy atom. The van der Waals surface area contributed by atoms with Gasteiger partial charge in [0, 0.05) is 18.9 Å². The summed E-state index contributed by atoms with van der Waals surface area (Å²) in [6, 6.07) is 0.442. The molecule has 1 aliphatic heterocycles. The third kappa shape index (κ3) is 2.17. The van der Waals surface area contributed by atoms with E-state index in [9.17, 15) is 23.2 Å². The maximum atomic E-state index is 13.2. The average Bonchev–Trinajstić information content (AvgIpc) is 2.60. The maximum Gasteiger partial charge on any atom is 0.385 e. The van der Waals surface area contributed by atoms with Crippen molar-refractivity contribution in [3.05, 3.63) is 29.6 Å². The predicted octanol–water partition coefficient (Wildman–Crippen LogP) is 0.581. The smallest absolute Gasteiger partial charge is 0.323 e. The molecule has 0 aliphatic carbocycles. The maximum absolute atomic E-state index is 13.2. The molecular formula is C10H6F2N2O4. The molecule has 1 aromatic rings. The van der Waals surface area contributed by atoms with E-state index in [1.807, 2.05) is 0 Å². The zero-order valence-electron chi connectivity index (χ0n) is 8.85. The highest BCUT2D eigenvalue weighted by molar-refractivity contribution is 6.02. The van der Waals surface area contributed by atoms with Crippen molar-refractivity contribution in [3.8, 4) is 0 Å². The molecule has 1 aliphatic rings. The van der Waals surface area contributed by atoms with Gasteiger partial charge in [0.2, 0.25) is 0 Å². The summed E-state index contributed by atoms with van der Waals surface area (Å²) >= 11 is 0. The Morgan fingerprint density at radius 1 is 1.28 bits per heavy atom. The van der Waals surface area contributed by atoms with E-state index in [1.54, 1.807) is 0 Å². The molecule has 0 bridgehead atoms. The van der Waals surface area contributed by atoms with Crippen LogP contribution in [0.1, 0.15) is 23.3 Å². The molecule has 0 atom stereocenters. The van der Waals surface area contributed by atoms with Crippen LogP contribution < -0.4 is 0 Å². The zero-order chi connectivity index (χ0) is 13.3. The topological polar surface area (TPSA) is 76.6 Å². The molecule has 1 saturated heterocycles. The molecule has 0 radical (unpaired) electrons. The van der Waals surface area contributed by atoms with Crippen molar-refractivity contribution in [2.45, 2.75) is 12.8 Å². The second kappa shape index (κ2) is 4.47. The second-order valence-electron chi connectivity index (χ2n) is 3.44. The van der Waals surface area contributed by atoms with E-state index in [1.165, 1.54) is 0 Å². The third-order valence-corrected chi connectivity index (χ3v) is 2.18. The third-order valence-electron chi connectivity index (χ3n) is 2.18. The number of hydrogen-bond donors (Lipinski definition) is 0. The molecule has 1 fully saturated rings. The van der Waals surface area contributed by atoms with Gasteiger partial charge in [0.05, 0.1) is 6.20 Å². The molecular weight excluding hydrogens is 250 g/mol. The van der Waals surface area contributed by atoms with E-state index in [2.05, 4.69) is 9.82 Å². The fourth-order valence-electron chi connectivity index (χ4n) is 1.35. The number of halogens is 2. The summed E-state index contributed by atoms with van der Waals surface area (Å²) in [5.41, 5.74) is -0.802. The Balaban J connectivity index is 2.17. The minimum atomic E-state index is -1.34. The van der Waals surface area contributed by atoms with Gasteiger partial charge in [-0.1, -0.05) is 0 Å². The van der Waals surface area contributed by atoms with E-state index in [-0.39, 0.29) is 17.9 Å². The van der Waals surface area contributed by atoms with Crippen LogP contribution in [0.3, 0.4) is 0 Å². The van der Waals surface area contributed by atoms with Gasteiger partial charge in [0.25, 0.3) is 11.8 Å². The van der Waals surface area contributed by atoms with Crippen molar-refractivity contribution in [1.82, 2.24) is 10.0 Å². The fraction of sp³-hybridized carbons (Fsp3) is 0.200.